The van der Waals surface area contributed by atoms with Crippen molar-refractivity contribution in [2.75, 3.05) is 13.1 Å². The van der Waals surface area contributed by atoms with Crippen molar-refractivity contribution in [3.63, 3.8) is 0 Å². The molecule has 59 heavy (non-hydrogen) atoms. The first-order chi connectivity index (χ1) is 29.0. The van der Waals surface area contributed by atoms with Gasteiger partial charge in [-0.1, -0.05) is 229 Å². The molecule has 4 heterocycles. The van der Waals surface area contributed by atoms with E-state index < -0.39 is 0 Å². The van der Waals surface area contributed by atoms with E-state index in [1.54, 1.807) is 22.7 Å². The largest absolute Gasteiger partial charge is 0.306 e. The van der Waals surface area contributed by atoms with Crippen LogP contribution in [-0.4, -0.2) is 38.6 Å². The van der Waals surface area contributed by atoms with Gasteiger partial charge in [-0.05, 0) is 54.5 Å². The van der Waals surface area contributed by atoms with E-state index in [-0.39, 0.29) is 11.8 Å². The molecule has 2 amide bonds. The van der Waals surface area contributed by atoms with Crippen LogP contribution in [0.1, 0.15) is 230 Å². The molecule has 2 unspecified atom stereocenters. The van der Waals surface area contributed by atoms with Crippen LogP contribution in [-0.2, 0) is 9.59 Å². The quantitative estimate of drug-likeness (QED) is 0.0385. The van der Waals surface area contributed by atoms with Crippen LogP contribution in [0.5, 0.6) is 0 Å². The molecule has 7 heteroatoms. The summed E-state index contributed by atoms with van der Waals surface area (Å²) in [5.74, 6) is 0.893. The van der Waals surface area contributed by atoms with Gasteiger partial charge in [0.1, 0.15) is 0 Å². The molecular weight excluding hydrogens is 876 g/mol. The van der Waals surface area contributed by atoms with Gasteiger partial charge in [0.15, 0.2) is 0 Å². The summed E-state index contributed by atoms with van der Waals surface area (Å²) in [5, 5.41) is 4.15. The average Bonchev–Trinajstić information content (AvgIpc) is 4.06. The van der Waals surface area contributed by atoms with Crippen LogP contribution in [0.4, 0.5) is 0 Å². The maximum absolute atomic E-state index is 14.6. The molecule has 0 radical (unpaired) electrons. The van der Waals surface area contributed by atoms with Crippen molar-refractivity contribution in [1.82, 2.24) is 9.80 Å². The predicted octanol–water partition coefficient (Wildman–Crippen LogP) is 17.2. The Kier molecular flexibility index (Phi) is 26.0. The third-order valence-electron chi connectivity index (χ3n) is 12.9. The second-order valence-electron chi connectivity index (χ2n) is 17.9. The number of nitrogens with zero attached hydrogens (tertiary/aromatic N) is 2. The fraction of sp³-hybridized carbons (Fsp3) is 0.731. The van der Waals surface area contributed by atoms with Crippen LogP contribution in [0.15, 0.2) is 46.2 Å². The van der Waals surface area contributed by atoms with Crippen molar-refractivity contribution in [3.8, 4) is 0 Å². The Balaban J connectivity index is 1.32. The number of alkyl halides is 1. The van der Waals surface area contributed by atoms with E-state index in [4.69, 9.17) is 0 Å². The van der Waals surface area contributed by atoms with Crippen molar-refractivity contribution >= 4 is 68.5 Å². The summed E-state index contributed by atoms with van der Waals surface area (Å²) in [4.78, 5) is 35.1. The van der Waals surface area contributed by atoms with Gasteiger partial charge in [0.2, 0.25) is 0 Å². The molecular formula is C52H83IN2O2S2. The minimum Gasteiger partial charge on any atom is -0.306 e. The van der Waals surface area contributed by atoms with E-state index in [0.717, 1.165) is 56.7 Å². The topological polar surface area (TPSA) is 40.6 Å². The lowest BCUT2D eigenvalue weighted by Gasteiger charge is -2.24. The first-order valence-corrected chi connectivity index (χ1v) is 27.9. The molecule has 2 aliphatic heterocycles. The minimum absolute atomic E-state index is 0.0241. The molecule has 0 aromatic carbocycles. The van der Waals surface area contributed by atoms with E-state index in [2.05, 4.69) is 72.3 Å². The van der Waals surface area contributed by atoms with Gasteiger partial charge in [-0.25, -0.2) is 0 Å². The zero-order valence-electron chi connectivity index (χ0n) is 37.9. The summed E-state index contributed by atoms with van der Waals surface area (Å²) >= 11 is 5.95. The highest BCUT2D eigenvalue weighted by molar-refractivity contribution is 14.1. The lowest BCUT2D eigenvalue weighted by Crippen LogP contribution is -2.30. The van der Waals surface area contributed by atoms with E-state index in [0.29, 0.717) is 24.2 Å². The van der Waals surface area contributed by atoms with Crippen LogP contribution in [0.25, 0.3) is 11.4 Å². The Morgan fingerprint density at radius 1 is 0.458 bits per heavy atom. The smallest absolute Gasteiger partial charge is 0.261 e. The maximum atomic E-state index is 14.6. The number of carbonyl (C=O) groups is 2. The Morgan fingerprint density at radius 2 is 0.780 bits per heavy atom. The van der Waals surface area contributed by atoms with Crippen LogP contribution in [0, 0.1) is 5.92 Å². The fourth-order valence-corrected chi connectivity index (χ4v) is 11.8. The maximum Gasteiger partial charge on any atom is 0.261 e. The standard InChI is InChI=1S/C52H83IN2O2S2/c1-4-7-10-13-16-17-19-24-33-43(32-23-18-14-11-8-5-2)34-25-21-28-39-54-49(45-37-30-41-58-45)47-48(51(54)56)50(46-38-31-42-59-46)55(52(47)57)40-29-22-27-36-44(53)35-26-20-15-12-9-6-3/h30-31,37-38,41-44H,4-29,32-36,39-40H2,1-3H3. The van der Waals surface area contributed by atoms with E-state index >= 15 is 0 Å². The second kappa shape index (κ2) is 30.6. The van der Waals surface area contributed by atoms with Crippen LogP contribution >= 0.6 is 45.3 Å². The summed E-state index contributed by atoms with van der Waals surface area (Å²) in [6, 6.07) is 8.29. The molecule has 0 saturated heterocycles. The number of halogens is 1. The van der Waals surface area contributed by atoms with Crippen molar-refractivity contribution < 1.29 is 9.59 Å². The highest BCUT2D eigenvalue weighted by Gasteiger charge is 2.49. The number of amides is 2. The van der Waals surface area contributed by atoms with E-state index in [1.807, 2.05) is 15.9 Å². The molecule has 2 aliphatic rings. The molecule has 0 bridgehead atoms. The highest BCUT2D eigenvalue weighted by Crippen LogP contribution is 2.48. The molecule has 0 fully saturated rings. The molecule has 4 nitrogen and oxygen atoms in total. The van der Waals surface area contributed by atoms with E-state index in [1.165, 1.54) is 173 Å². The number of rotatable bonds is 37. The van der Waals surface area contributed by atoms with Gasteiger partial charge in [0, 0.05) is 17.0 Å². The predicted molar refractivity (Wildman–Crippen MR) is 267 cm³/mol. The van der Waals surface area contributed by atoms with Gasteiger partial charge in [0.25, 0.3) is 11.8 Å². The number of carbonyl (C=O) groups excluding carboxylic acids is 2. The molecule has 0 N–H and O–H groups in total. The molecule has 0 spiro atoms. The lowest BCUT2D eigenvalue weighted by atomic mass is 9.89. The van der Waals surface area contributed by atoms with E-state index in [9.17, 15) is 9.59 Å². The summed E-state index contributed by atoms with van der Waals surface area (Å²) in [6.07, 6.45) is 40.9. The summed E-state index contributed by atoms with van der Waals surface area (Å²) in [6.45, 7) is 8.24. The Morgan fingerprint density at radius 3 is 1.12 bits per heavy atom. The number of thiophene rings is 2. The summed E-state index contributed by atoms with van der Waals surface area (Å²) < 4.78 is 0.740. The van der Waals surface area contributed by atoms with Crippen LogP contribution in [0.2, 0.25) is 0 Å². The van der Waals surface area contributed by atoms with Gasteiger partial charge >= 0.3 is 0 Å². The van der Waals surface area contributed by atoms with Gasteiger partial charge in [-0.15, -0.1) is 22.7 Å². The zero-order chi connectivity index (χ0) is 41.9. The highest BCUT2D eigenvalue weighted by atomic mass is 127. The molecule has 0 aliphatic carbocycles. The summed E-state index contributed by atoms with van der Waals surface area (Å²) in [5.41, 5.74) is 3.02. The number of hydrogen-bond donors (Lipinski definition) is 0. The Hall–Kier alpha value is -1.45. The van der Waals surface area contributed by atoms with Crippen molar-refractivity contribution in [3.05, 3.63) is 55.9 Å². The van der Waals surface area contributed by atoms with Crippen molar-refractivity contribution in [2.24, 2.45) is 5.92 Å². The monoisotopic (exact) mass is 958 g/mol. The fourth-order valence-electron chi connectivity index (χ4n) is 9.36. The number of hydrogen-bond acceptors (Lipinski definition) is 4. The van der Waals surface area contributed by atoms with Gasteiger partial charge in [0.05, 0.1) is 32.3 Å². The Labute approximate surface area is 384 Å². The molecule has 332 valence electrons. The normalized spacial score (nSPS) is 15.4. The average molecular weight is 959 g/mol. The lowest BCUT2D eigenvalue weighted by molar-refractivity contribution is -0.124. The molecule has 4 rings (SSSR count). The molecule has 2 aromatic rings. The third-order valence-corrected chi connectivity index (χ3v) is 15.9. The first kappa shape index (κ1) is 50.2. The number of unbranched alkanes of at least 4 members (excludes halogenated alkanes) is 21. The zero-order valence-corrected chi connectivity index (χ0v) is 41.6. The van der Waals surface area contributed by atoms with Crippen molar-refractivity contribution in [2.45, 2.75) is 224 Å². The third kappa shape index (κ3) is 17.3. The van der Waals surface area contributed by atoms with Gasteiger partial charge < -0.3 is 9.80 Å². The van der Waals surface area contributed by atoms with Gasteiger partial charge in [-0.2, -0.15) is 0 Å². The van der Waals surface area contributed by atoms with Gasteiger partial charge in [-0.3, -0.25) is 9.59 Å². The molecule has 2 aromatic heterocycles. The second-order valence-corrected chi connectivity index (χ2v) is 21.5. The Bertz CT molecular complexity index is 1480. The minimum atomic E-state index is 0.0241. The first-order valence-electron chi connectivity index (χ1n) is 24.9. The molecule has 0 saturated carbocycles. The van der Waals surface area contributed by atoms with Crippen LogP contribution in [0.3, 0.4) is 0 Å². The van der Waals surface area contributed by atoms with Crippen LogP contribution < -0.4 is 0 Å². The van der Waals surface area contributed by atoms with Crippen molar-refractivity contribution in [1.29, 1.82) is 0 Å². The number of fused-ring (bicyclic) bond motifs is 1. The molecule has 2 atom stereocenters. The SMILES string of the molecule is CCCCCCCCCCC(CCCCCCCC)CCCCCN1C(=O)C2=C(c3cccs3)N(CCCCCC(I)CCCCCCCC)C(=O)C2=C1c1cccs1. The summed E-state index contributed by atoms with van der Waals surface area (Å²) in [7, 11) is 0.